The molecule has 0 bridgehead atoms. The first-order valence-corrected chi connectivity index (χ1v) is 6.26. The molecule has 1 fully saturated rings. The van der Waals surface area contributed by atoms with Crippen LogP contribution in [0.3, 0.4) is 0 Å². The van der Waals surface area contributed by atoms with E-state index < -0.39 is 0 Å². The lowest BCUT2D eigenvalue weighted by molar-refractivity contribution is -0.117. The van der Waals surface area contributed by atoms with Crippen LogP contribution in [0.15, 0.2) is 22.7 Å². The summed E-state index contributed by atoms with van der Waals surface area (Å²) in [6, 6.07) is 5.83. The van der Waals surface area contributed by atoms with Gasteiger partial charge in [0.05, 0.1) is 6.04 Å². The summed E-state index contributed by atoms with van der Waals surface area (Å²) >= 11 is 3.40. The van der Waals surface area contributed by atoms with Crippen LogP contribution in [0.1, 0.15) is 18.4 Å². The first-order valence-electron chi connectivity index (χ1n) is 5.47. The van der Waals surface area contributed by atoms with Gasteiger partial charge in [-0.3, -0.25) is 4.79 Å². The summed E-state index contributed by atoms with van der Waals surface area (Å²) in [5.41, 5.74) is 1.96. The Balaban J connectivity index is 2.05. The third-order valence-electron chi connectivity index (χ3n) is 2.82. The predicted octanol–water partition coefficient (Wildman–Crippen LogP) is 2.45. The maximum atomic E-state index is 11.9. The van der Waals surface area contributed by atoms with E-state index >= 15 is 0 Å². The van der Waals surface area contributed by atoms with Crippen LogP contribution in [0.5, 0.6) is 0 Å². The van der Waals surface area contributed by atoms with Gasteiger partial charge in [-0.2, -0.15) is 0 Å². The number of anilines is 1. The molecule has 3 nitrogen and oxygen atoms in total. The lowest BCUT2D eigenvalue weighted by atomic mass is 10.1. The zero-order valence-corrected chi connectivity index (χ0v) is 10.8. The maximum Gasteiger partial charge on any atom is 0.241 e. The van der Waals surface area contributed by atoms with Crippen LogP contribution in [0.25, 0.3) is 0 Å². The second kappa shape index (κ2) is 4.97. The number of carbonyl (C=O) groups excluding carboxylic acids is 1. The van der Waals surface area contributed by atoms with Gasteiger partial charge in [-0.25, -0.2) is 0 Å². The fraction of sp³-hybridized carbons (Fsp3) is 0.417. The van der Waals surface area contributed by atoms with Crippen molar-refractivity contribution in [1.29, 1.82) is 0 Å². The topological polar surface area (TPSA) is 41.1 Å². The standard InChI is InChI=1S/C12H15BrN2O/c1-8-7-9(13)4-5-10(8)15-12(16)11-3-2-6-14-11/h4-5,7,11,14H,2-3,6H2,1H3,(H,15,16)/t11-/m0/s1. The van der Waals surface area contributed by atoms with Gasteiger partial charge in [-0.05, 0) is 50.1 Å². The number of benzene rings is 1. The number of aryl methyl sites for hydroxylation is 1. The molecular formula is C12H15BrN2O. The number of halogens is 1. The summed E-state index contributed by atoms with van der Waals surface area (Å²) in [5, 5.41) is 6.14. The monoisotopic (exact) mass is 282 g/mol. The summed E-state index contributed by atoms with van der Waals surface area (Å²) in [6.07, 6.45) is 2.01. The number of carbonyl (C=O) groups is 1. The molecule has 2 N–H and O–H groups in total. The highest BCUT2D eigenvalue weighted by Crippen LogP contribution is 2.20. The maximum absolute atomic E-state index is 11.9. The predicted molar refractivity (Wildman–Crippen MR) is 68.5 cm³/mol. The largest absolute Gasteiger partial charge is 0.324 e. The van der Waals surface area contributed by atoms with Crippen LogP contribution < -0.4 is 10.6 Å². The van der Waals surface area contributed by atoms with Gasteiger partial charge < -0.3 is 10.6 Å². The summed E-state index contributed by atoms with van der Waals surface area (Å²) in [4.78, 5) is 11.9. The molecule has 1 aromatic carbocycles. The fourth-order valence-corrected chi connectivity index (χ4v) is 2.37. The van der Waals surface area contributed by atoms with Gasteiger partial charge in [0.2, 0.25) is 5.91 Å². The molecule has 0 unspecified atom stereocenters. The second-order valence-corrected chi connectivity index (χ2v) is 5.01. The first kappa shape index (κ1) is 11.6. The minimum atomic E-state index is -0.0250. The molecule has 0 saturated carbocycles. The van der Waals surface area contributed by atoms with Crippen LogP contribution in [0.2, 0.25) is 0 Å². The van der Waals surface area contributed by atoms with Gasteiger partial charge in [0.15, 0.2) is 0 Å². The van der Waals surface area contributed by atoms with E-state index in [4.69, 9.17) is 0 Å². The average molecular weight is 283 g/mol. The molecule has 1 aliphatic heterocycles. The Labute approximate surface area is 104 Å². The van der Waals surface area contributed by atoms with Crippen molar-refractivity contribution in [3.8, 4) is 0 Å². The quantitative estimate of drug-likeness (QED) is 0.875. The summed E-state index contributed by atoms with van der Waals surface area (Å²) in [5.74, 6) is 0.0722. The Morgan fingerprint density at radius 3 is 3.00 bits per heavy atom. The smallest absolute Gasteiger partial charge is 0.241 e. The zero-order chi connectivity index (χ0) is 11.5. The van der Waals surface area contributed by atoms with E-state index in [-0.39, 0.29) is 11.9 Å². The molecule has 4 heteroatoms. The highest BCUT2D eigenvalue weighted by atomic mass is 79.9. The van der Waals surface area contributed by atoms with Crippen molar-refractivity contribution in [1.82, 2.24) is 5.32 Å². The van der Waals surface area contributed by atoms with E-state index in [0.29, 0.717) is 0 Å². The Morgan fingerprint density at radius 2 is 2.38 bits per heavy atom. The van der Waals surface area contributed by atoms with Crippen LogP contribution in [0.4, 0.5) is 5.69 Å². The van der Waals surface area contributed by atoms with Crippen molar-refractivity contribution in [2.75, 3.05) is 11.9 Å². The van der Waals surface area contributed by atoms with Crippen LogP contribution in [-0.2, 0) is 4.79 Å². The second-order valence-electron chi connectivity index (χ2n) is 4.10. The minimum Gasteiger partial charge on any atom is -0.324 e. The Morgan fingerprint density at radius 1 is 1.56 bits per heavy atom. The molecule has 16 heavy (non-hydrogen) atoms. The van der Waals surface area contributed by atoms with Gasteiger partial charge >= 0.3 is 0 Å². The van der Waals surface area contributed by atoms with Crippen molar-refractivity contribution in [3.05, 3.63) is 28.2 Å². The zero-order valence-electron chi connectivity index (χ0n) is 9.22. The SMILES string of the molecule is Cc1cc(Br)ccc1NC(=O)[C@@H]1CCCN1. The molecule has 1 aromatic rings. The van der Waals surface area contributed by atoms with Gasteiger partial charge in [0.25, 0.3) is 0 Å². The van der Waals surface area contributed by atoms with Crippen LogP contribution >= 0.6 is 15.9 Å². The van der Waals surface area contributed by atoms with Crippen molar-refractivity contribution in [2.24, 2.45) is 0 Å². The van der Waals surface area contributed by atoms with E-state index in [1.54, 1.807) is 0 Å². The van der Waals surface area contributed by atoms with Crippen LogP contribution in [-0.4, -0.2) is 18.5 Å². The normalized spacial score (nSPS) is 19.8. The van der Waals surface area contributed by atoms with Crippen molar-refractivity contribution in [3.63, 3.8) is 0 Å². The molecule has 1 heterocycles. The number of hydrogen-bond donors (Lipinski definition) is 2. The summed E-state index contributed by atoms with van der Waals surface area (Å²) in [6.45, 7) is 2.93. The highest BCUT2D eigenvalue weighted by Gasteiger charge is 2.22. The number of nitrogens with one attached hydrogen (secondary N) is 2. The summed E-state index contributed by atoms with van der Waals surface area (Å²) in [7, 11) is 0. The number of amides is 1. The Kier molecular flexibility index (Phi) is 3.61. The Hall–Kier alpha value is -0.870. The minimum absolute atomic E-state index is 0.0250. The van der Waals surface area contributed by atoms with E-state index in [9.17, 15) is 4.79 Å². The Bertz CT molecular complexity index is 400. The third kappa shape index (κ3) is 2.62. The lowest BCUT2D eigenvalue weighted by Crippen LogP contribution is -2.35. The molecule has 0 aromatic heterocycles. The van der Waals surface area contributed by atoms with Gasteiger partial charge in [-0.15, -0.1) is 0 Å². The first-order chi connectivity index (χ1) is 7.66. The average Bonchev–Trinajstić information content (AvgIpc) is 2.75. The van der Waals surface area contributed by atoms with E-state index in [1.165, 1.54) is 0 Å². The molecule has 1 atom stereocenters. The molecule has 2 rings (SSSR count). The number of rotatable bonds is 2. The van der Waals surface area contributed by atoms with E-state index in [0.717, 1.165) is 35.1 Å². The van der Waals surface area contributed by atoms with Crippen molar-refractivity contribution in [2.45, 2.75) is 25.8 Å². The number of hydrogen-bond acceptors (Lipinski definition) is 2. The van der Waals surface area contributed by atoms with Gasteiger partial charge in [-0.1, -0.05) is 15.9 Å². The lowest BCUT2D eigenvalue weighted by Gasteiger charge is -2.13. The molecule has 0 aliphatic carbocycles. The van der Waals surface area contributed by atoms with Gasteiger partial charge in [0.1, 0.15) is 0 Å². The molecular weight excluding hydrogens is 268 g/mol. The van der Waals surface area contributed by atoms with Crippen molar-refractivity contribution >= 4 is 27.5 Å². The third-order valence-corrected chi connectivity index (χ3v) is 3.32. The van der Waals surface area contributed by atoms with Crippen LogP contribution in [0, 0.1) is 6.92 Å². The molecule has 0 spiro atoms. The van der Waals surface area contributed by atoms with Gasteiger partial charge in [0, 0.05) is 10.2 Å². The highest BCUT2D eigenvalue weighted by molar-refractivity contribution is 9.10. The summed E-state index contributed by atoms with van der Waals surface area (Å²) < 4.78 is 1.03. The fourth-order valence-electron chi connectivity index (χ4n) is 1.90. The molecule has 1 aliphatic rings. The molecule has 1 amide bonds. The van der Waals surface area contributed by atoms with E-state index in [2.05, 4.69) is 26.6 Å². The molecule has 1 saturated heterocycles. The van der Waals surface area contributed by atoms with Crippen molar-refractivity contribution < 1.29 is 4.79 Å². The molecule has 86 valence electrons. The molecule has 0 radical (unpaired) electrons. The van der Waals surface area contributed by atoms with E-state index in [1.807, 2.05) is 25.1 Å².